The van der Waals surface area contributed by atoms with Crippen molar-refractivity contribution in [3.05, 3.63) is 11.1 Å². The highest BCUT2D eigenvalue weighted by Gasteiger charge is 2.63. The average molecular weight is 108 g/mol. The lowest BCUT2D eigenvalue weighted by molar-refractivity contribution is 0.0936. The molecule has 1 aliphatic heterocycles. The topological polar surface area (TPSA) is 9.23 Å². The molecule has 1 saturated heterocycles. The Morgan fingerprint density at radius 2 is 2.62 bits per heavy atom. The van der Waals surface area contributed by atoms with Crippen molar-refractivity contribution in [2.75, 3.05) is 6.61 Å². The molecule has 0 saturated carbocycles. The van der Waals surface area contributed by atoms with Crippen LogP contribution < -0.4 is 0 Å². The molecule has 0 spiro atoms. The summed E-state index contributed by atoms with van der Waals surface area (Å²) in [6.07, 6.45) is 1.90. The summed E-state index contributed by atoms with van der Waals surface area (Å²) in [5.41, 5.74) is 3.80. The zero-order chi connectivity index (χ0) is 5.35. The molecule has 2 aliphatic carbocycles. The lowest BCUT2D eigenvalue weighted by atomic mass is 9.79. The first-order valence-corrected chi connectivity index (χ1v) is 3.16. The van der Waals surface area contributed by atoms with Crippen LogP contribution >= 0.6 is 0 Å². The molecule has 8 heavy (non-hydrogen) atoms. The van der Waals surface area contributed by atoms with Gasteiger partial charge in [-0.1, -0.05) is 6.92 Å². The zero-order valence-corrected chi connectivity index (χ0v) is 4.90. The first-order chi connectivity index (χ1) is 3.81. The van der Waals surface area contributed by atoms with Gasteiger partial charge in [-0.05, 0) is 17.6 Å². The van der Waals surface area contributed by atoms with Crippen LogP contribution in [0, 0.1) is 5.41 Å². The molecule has 2 atom stereocenters. The third-order valence-electron chi connectivity index (χ3n) is 2.64. The Hall–Kier alpha value is -0.300. The SMILES string of the molecule is CC12COC3C(=C31)C2. The molecule has 0 amide bonds. The van der Waals surface area contributed by atoms with Gasteiger partial charge in [-0.3, -0.25) is 0 Å². The molecule has 0 bridgehead atoms. The second-order valence-electron chi connectivity index (χ2n) is 3.37. The van der Waals surface area contributed by atoms with E-state index in [0.29, 0.717) is 11.5 Å². The molecule has 2 unspecified atom stereocenters. The molecule has 1 fully saturated rings. The molecule has 3 aliphatic rings. The predicted molar refractivity (Wildman–Crippen MR) is 29.5 cm³/mol. The van der Waals surface area contributed by atoms with Crippen LogP contribution in [-0.4, -0.2) is 12.7 Å². The summed E-state index contributed by atoms with van der Waals surface area (Å²) in [7, 11) is 0. The molecule has 0 aromatic heterocycles. The highest BCUT2D eigenvalue weighted by molar-refractivity contribution is 5.60. The van der Waals surface area contributed by atoms with Gasteiger partial charge in [-0.25, -0.2) is 0 Å². The Balaban J connectivity index is 2.20. The number of ether oxygens (including phenoxy) is 1. The molecule has 1 nitrogen and oxygen atoms in total. The monoisotopic (exact) mass is 108 g/mol. The minimum Gasteiger partial charge on any atom is -0.369 e. The van der Waals surface area contributed by atoms with E-state index in [9.17, 15) is 0 Å². The fourth-order valence-corrected chi connectivity index (χ4v) is 2.12. The molecule has 3 rings (SSSR count). The van der Waals surface area contributed by atoms with E-state index in [2.05, 4.69) is 6.92 Å². The Labute approximate surface area is 48.3 Å². The Morgan fingerprint density at radius 3 is 2.75 bits per heavy atom. The van der Waals surface area contributed by atoms with Gasteiger partial charge in [0.05, 0.1) is 6.61 Å². The largest absolute Gasteiger partial charge is 0.369 e. The minimum atomic E-state index is 0.528. The lowest BCUT2D eigenvalue weighted by Crippen LogP contribution is -2.23. The average Bonchev–Trinajstić information content (AvgIpc) is 2.23. The van der Waals surface area contributed by atoms with Crippen LogP contribution in [0.2, 0.25) is 0 Å². The van der Waals surface area contributed by atoms with E-state index in [4.69, 9.17) is 4.74 Å². The van der Waals surface area contributed by atoms with Crippen molar-refractivity contribution in [2.45, 2.75) is 19.4 Å². The predicted octanol–water partition coefficient (Wildman–Crippen LogP) is 1.11. The molecule has 0 aromatic rings. The zero-order valence-electron chi connectivity index (χ0n) is 4.90. The van der Waals surface area contributed by atoms with Gasteiger partial charge < -0.3 is 4.74 Å². The highest BCUT2D eigenvalue weighted by atomic mass is 16.5. The van der Waals surface area contributed by atoms with Crippen molar-refractivity contribution in [1.82, 2.24) is 0 Å². The summed E-state index contributed by atoms with van der Waals surface area (Å²) in [6.45, 7) is 3.30. The summed E-state index contributed by atoms with van der Waals surface area (Å²) < 4.78 is 5.42. The molecular weight excluding hydrogens is 100 g/mol. The van der Waals surface area contributed by atoms with Gasteiger partial charge in [0.15, 0.2) is 0 Å². The number of rotatable bonds is 0. The van der Waals surface area contributed by atoms with Crippen LogP contribution in [0.15, 0.2) is 11.1 Å². The van der Waals surface area contributed by atoms with Gasteiger partial charge >= 0.3 is 0 Å². The molecule has 0 radical (unpaired) electrons. The second-order valence-corrected chi connectivity index (χ2v) is 3.37. The van der Waals surface area contributed by atoms with E-state index in [1.807, 2.05) is 0 Å². The normalized spacial score (nSPS) is 55.9. The molecule has 1 heteroatoms. The van der Waals surface area contributed by atoms with Gasteiger partial charge in [0, 0.05) is 5.41 Å². The quantitative estimate of drug-likeness (QED) is 0.422. The maximum absolute atomic E-state index is 5.42. The first kappa shape index (κ1) is 3.67. The van der Waals surface area contributed by atoms with E-state index in [1.165, 1.54) is 6.42 Å². The number of fused-ring (bicyclic) bond motifs is 1. The number of hydrogen-bond donors (Lipinski definition) is 0. The van der Waals surface area contributed by atoms with Crippen LogP contribution in [0.25, 0.3) is 0 Å². The first-order valence-electron chi connectivity index (χ1n) is 3.16. The minimum absolute atomic E-state index is 0.528. The Kier molecular flexibility index (Phi) is 0.319. The van der Waals surface area contributed by atoms with Crippen molar-refractivity contribution >= 4 is 0 Å². The molecule has 42 valence electrons. The standard InChI is InChI=1S/C7H8O/c1-7-2-4-5(7)6(4)8-3-7/h6H,2-3H2,1H3. The summed E-state index contributed by atoms with van der Waals surface area (Å²) in [5.74, 6) is 0. The van der Waals surface area contributed by atoms with Crippen LogP contribution in [0.3, 0.4) is 0 Å². The van der Waals surface area contributed by atoms with Crippen molar-refractivity contribution in [1.29, 1.82) is 0 Å². The molecule has 0 aromatic carbocycles. The molecule has 0 N–H and O–H groups in total. The maximum Gasteiger partial charge on any atom is 0.101 e. The van der Waals surface area contributed by atoms with Crippen molar-refractivity contribution in [3.8, 4) is 0 Å². The van der Waals surface area contributed by atoms with Crippen LogP contribution in [0.4, 0.5) is 0 Å². The molecular formula is C7H8O. The van der Waals surface area contributed by atoms with E-state index < -0.39 is 0 Å². The summed E-state index contributed by atoms with van der Waals surface area (Å²) in [4.78, 5) is 0. The van der Waals surface area contributed by atoms with Gasteiger partial charge in [0.2, 0.25) is 0 Å². The van der Waals surface area contributed by atoms with E-state index >= 15 is 0 Å². The van der Waals surface area contributed by atoms with E-state index in [1.54, 1.807) is 11.1 Å². The van der Waals surface area contributed by atoms with Gasteiger partial charge in [-0.2, -0.15) is 0 Å². The third-order valence-corrected chi connectivity index (χ3v) is 2.64. The van der Waals surface area contributed by atoms with Gasteiger partial charge in [0.25, 0.3) is 0 Å². The highest BCUT2D eigenvalue weighted by Crippen LogP contribution is 2.67. The fraction of sp³-hybridized carbons (Fsp3) is 0.714. The second kappa shape index (κ2) is 0.695. The van der Waals surface area contributed by atoms with Gasteiger partial charge in [-0.15, -0.1) is 0 Å². The van der Waals surface area contributed by atoms with Gasteiger partial charge in [0.1, 0.15) is 6.10 Å². The van der Waals surface area contributed by atoms with Crippen molar-refractivity contribution in [2.24, 2.45) is 5.41 Å². The fourth-order valence-electron chi connectivity index (χ4n) is 2.12. The maximum atomic E-state index is 5.42. The number of hydrogen-bond acceptors (Lipinski definition) is 1. The third kappa shape index (κ3) is 0.177. The summed E-state index contributed by atoms with van der Waals surface area (Å²) >= 11 is 0. The van der Waals surface area contributed by atoms with E-state index in [0.717, 1.165) is 6.61 Å². The molecule has 1 heterocycles. The summed E-state index contributed by atoms with van der Waals surface area (Å²) in [6, 6.07) is 0. The lowest BCUT2D eigenvalue weighted by Gasteiger charge is -2.27. The Bertz CT molecular complexity index is 204. The van der Waals surface area contributed by atoms with Crippen molar-refractivity contribution < 1.29 is 4.74 Å². The van der Waals surface area contributed by atoms with Crippen LogP contribution in [0.1, 0.15) is 13.3 Å². The van der Waals surface area contributed by atoms with Crippen LogP contribution in [0.5, 0.6) is 0 Å². The van der Waals surface area contributed by atoms with E-state index in [-0.39, 0.29) is 0 Å². The summed E-state index contributed by atoms with van der Waals surface area (Å²) in [5, 5.41) is 0. The van der Waals surface area contributed by atoms with Crippen LogP contribution in [-0.2, 0) is 4.74 Å². The Morgan fingerprint density at radius 1 is 1.75 bits per heavy atom. The smallest absolute Gasteiger partial charge is 0.101 e. The van der Waals surface area contributed by atoms with Crippen molar-refractivity contribution in [3.63, 3.8) is 0 Å².